The van der Waals surface area contributed by atoms with Gasteiger partial charge in [-0.15, -0.1) is 0 Å². The molecule has 18 heavy (non-hydrogen) atoms. The van der Waals surface area contributed by atoms with Gasteiger partial charge in [-0.1, -0.05) is 40.2 Å². The van der Waals surface area contributed by atoms with E-state index in [4.69, 9.17) is 4.74 Å². The summed E-state index contributed by atoms with van der Waals surface area (Å²) in [4.78, 5) is 0. The molecular weight excluding hydrogens is 292 g/mol. The van der Waals surface area contributed by atoms with Crippen molar-refractivity contribution in [1.82, 2.24) is 0 Å². The lowest BCUT2D eigenvalue weighted by Gasteiger charge is -2.11. The first kappa shape index (κ1) is 13.1. The van der Waals surface area contributed by atoms with Crippen LogP contribution < -0.4 is 4.74 Å². The van der Waals surface area contributed by atoms with Gasteiger partial charge in [0.15, 0.2) is 0 Å². The van der Waals surface area contributed by atoms with E-state index in [-0.39, 0.29) is 0 Å². The van der Waals surface area contributed by atoms with Gasteiger partial charge in [0.2, 0.25) is 0 Å². The van der Waals surface area contributed by atoms with E-state index in [1.54, 1.807) is 7.11 Å². The third kappa shape index (κ3) is 3.34. The zero-order valence-electron chi connectivity index (χ0n) is 10.1. The lowest BCUT2D eigenvalue weighted by atomic mass is 10.0. The molecule has 2 aromatic carbocycles. The first-order chi connectivity index (χ1) is 8.69. The number of rotatable bonds is 4. The molecule has 2 aromatic rings. The Morgan fingerprint density at radius 2 is 1.67 bits per heavy atom. The van der Waals surface area contributed by atoms with Crippen molar-refractivity contribution in [2.45, 2.75) is 12.5 Å². The van der Waals surface area contributed by atoms with Crippen molar-refractivity contribution in [3.05, 3.63) is 64.1 Å². The van der Waals surface area contributed by atoms with E-state index in [9.17, 15) is 5.11 Å². The Kier molecular flexibility index (Phi) is 4.39. The summed E-state index contributed by atoms with van der Waals surface area (Å²) < 4.78 is 6.14. The Balaban J connectivity index is 2.06. The molecule has 0 aliphatic heterocycles. The van der Waals surface area contributed by atoms with E-state index in [1.165, 1.54) is 0 Å². The summed E-state index contributed by atoms with van der Waals surface area (Å²) in [5, 5.41) is 10.2. The van der Waals surface area contributed by atoms with Crippen molar-refractivity contribution in [2.24, 2.45) is 0 Å². The minimum atomic E-state index is -0.489. The number of hydrogen-bond acceptors (Lipinski definition) is 2. The van der Waals surface area contributed by atoms with Crippen molar-refractivity contribution in [3.8, 4) is 5.75 Å². The summed E-state index contributed by atoms with van der Waals surface area (Å²) in [5.41, 5.74) is 2.01. The van der Waals surface area contributed by atoms with E-state index in [0.29, 0.717) is 6.42 Å². The van der Waals surface area contributed by atoms with Crippen LogP contribution in [0.15, 0.2) is 53.0 Å². The van der Waals surface area contributed by atoms with Crippen LogP contribution >= 0.6 is 15.9 Å². The van der Waals surface area contributed by atoms with Crippen molar-refractivity contribution < 1.29 is 9.84 Å². The first-order valence-electron chi connectivity index (χ1n) is 5.75. The first-order valence-corrected chi connectivity index (χ1v) is 6.55. The van der Waals surface area contributed by atoms with Gasteiger partial charge in [0.05, 0.1) is 13.2 Å². The Hall–Kier alpha value is -1.32. The number of aliphatic hydroxyl groups is 1. The number of methoxy groups -OCH3 is 1. The molecule has 0 amide bonds. The van der Waals surface area contributed by atoms with Crippen LogP contribution in [0.4, 0.5) is 0 Å². The Morgan fingerprint density at radius 3 is 2.22 bits per heavy atom. The summed E-state index contributed by atoms with van der Waals surface area (Å²) in [6.07, 6.45) is 0.122. The summed E-state index contributed by atoms with van der Waals surface area (Å²) in [6, 6.07) is 15.5. The van der Waals surface area contributed by atoms with Gasteiger partial charge in [0, 0.05) is 10.9 Å². The minimum absolute atomic E-state index is 0.489. The van der Waals surface area contributed by atoms with Crippen LogP contribution in [0.3, 0.4) is 0 Å². The van der Waals surface area contributed by atoms with Gasteiger partial charge in [0.1, 0.15) is 5.75 Å². The topological polar surface area (TPSA) is 29.5 Å². The average molecular weight is 307 g/mol. The van der Waals surface area contributed by atoms with Gasteiger partial charge in [-0.2, -0.15) is 0 Å². The fourth-order valence-corrected chi connectivity index (χ4v) is 2.05. The van der Waals surface area contributed by atoms with Crippen LogP contribution in [-0.2, 0) is 6.42 Å². The molecule has 0 heterocycles. The van der Waals surface area contributed by atoms with E-state index < -0.39 is 6.10 Å². The molecule has 0 radical (unpaired) electrons. The number of aliphatic hydroxyl groups excluding tert-OH is 1. The van der Waals surface area contributed by atoms with Crippen LogP contribution in [0.5, 0.6) is 5.75 Å². The molecular formula is C15H15BrO2. The highest BCUT2D eigenvalue weighted by molar-refractivity contribution is 9.10. The van der Waals surface area contributed by atoms with Crippen LogP contribution in [-0.4, -0.2) is 12.2 Å². The maximum absolute atomic E-state index is 10.2. The normalized spacial score (nSPS) is 12.2. The molecule has 2 nitrogen and oxygen atoms in total. The molecule has 0 saturated carbocycles. The number of hydrogen-bond donors (Lipinski definition) is 1. The molecule has 3 heteroatoms. The maximum Gasteiger partial charge on any atom is 0.118 e. The smallest absolute Gasteiger partial charge is 0.118 e. The lowest BCUT2D eigenvalue weighted by Crippen LogP contribution is -2.01. The largest absolute Gasteiger partial charge is 0.497 e. The molecule has 0 aromatic heterocycles. The second-order valence-electron chi connectivity index (χ2n) is 4.12. The fraction of sp³-hybridized carbons (Fsp3) is 0.200. The van der Waals surface area contributed by atoms with Gasteiger partial charge in [-0.25, -0.2) is 0 Å². The molecule has 0 saturated heterocycles. The molecule has 0 fully saturated rings. The van der Waals surface area contributed by atoms with Crippen LogP contribution in [0, 0.1) is 0 Å². The van der Waals surface area contributed by atoms with E-state index in [2.05, 4.69) is 15.9 Å². The van der Waals surface area contributed by atoms with Crippen molar-refractivity contribution in [3.63, 3.8) is 0 Å². The lowest BCUT2D eigenvalue weighted by molar-refractivity contribution is 0.178. The molecule has 1 unspecified atom stereocenters. The highest BCUT2D eigenvalue weighted by Crippen LogP contribution is 2.21. The third-order valence-electron chi connectivity index (χ3n) is 2.84. The molecule has 2 rings (SSSR count). The second-order valence-corrected chi connectivity index (χ2v) is 5.04. The Bertz CT molecular complexity index is 491. The summed E-state index contributed by atoms with van der Waals surface area (Å²) in [6.45, 7) is 0. The molecule has 0 aliphatic carbocycles. The Labute approximate surface area is 115 Å². The van der Waals surface area contributed by atoms with E-state index in [1.807, 2.05) is 48.5 Å². The number of benzene rings is 2. The summed E-state index contributed by atoms with van der Waals surface area (Å²) in [5.74, 6) is 0.801. The molecule has 0 bridgehead atoms. The average Bonchev–Trinajstić information content (AvgIpc) is 2.41. The SMILES string of the molecule is COc1ccc(C(O)Cc2ccc(Br)cc2)cc1. The predicted octanol–water partition coefficient (Wildman–Crippen LogP) is 3.73. The summed E-state index contributed by atoms with van der Waals surface area (Å²) >= 11 is 3.40. The predicted molar refractivity (Wildman–Crippen MR) is 75.8 cm³/mol. The monoisotopic (exact) mass is 306 g/mol. The van der Waals surface area contributed by atoms with Gasteiger partial charge in [-0.3, -0.25) is 0 Å². The van der Waals surface area contributed by atoms with E-state index in [0.717, 1.165) is 21.3 Å². The van der Waals surface area contributed by atoms with Crippen LogP contribution in [0.25, 0.3) is 0 Å². The van der Waals surface area contributed by atoms with Gasteiger partial charge in [-0.05, 0) is 35.4 Å². The third-order valence-corrected chi connectivity index (χ3v) is 3.37. The van der Waals surface area contributed by atoms with Gasteiger partial charge < -0.3 is 9.84 Å². The van der Waals surface area contributed by atoms with Crippen molar-refractivity contribution >= 4 is 15.9 Å². The minimum Gasteiger partial charge on any atom is -0.497 e. The summed E-state index contributed by atoms with van der Waals surface area (Å²) in [7, 11) is 1.63. The highest BCUT2D eigenvalue weighted by Gasteiger charge is 2.08. The van der Waals surface area contributed by atoms with Crippen molar-refractivity contribution in [1.29, 1.82) is 0 Å². The maximum atomic E-state index is 10.2. The van der Waals surface area contributed by atoms with Crippen LogP contribution in [0.2, 0.25) is 0 Å². The zero-order chi connectivity index (χ0) is 13.0. The molecule has 1 N–H and O–H groups in total. The number of ether oxygens (including phenoxy) is 1. The molecule has 0 aliphatic rings. The second kappa shape index (κ2) is 6.03. The molecule has 1 atom stereocenters. The van der Waals surface area contributed by atoms with Gasteiger partial charge in [0.25, 0.3) is 0 Å². The standard InChI is InChI=1S/C15H15BrO2/c1-18-14-8-4-12(5-9-14)15(17)10-11-2-6-13(16)7-3-11/h2-9,15,17H,10H2,1H3. The molecule has 94 valence electrons. The highest BCUT2D eigenvalue weighted by atomic mass is 79.9. The quantitative estimate of drug-likeness (QED) is 0.932. The van der Waals surface area contributed by atoms with Crippen LogP contribution in [0.1, 0.15) is 17.2 Å². The number of halogens is 1. The fourth-order valence-electron chi connectivity index (χ4n) is 1.79. The van der Waals surface area contributed by atoms with Crippen molar-refractivity contribution in [2.75, 3.05) is 7.11 Å². The van der Waals surface area contributed by atoms with Gasteiger partial charge >= 0.3 is 0 Å². The molecule has 0 spiro atoms. The zero-order valence-corrected chi connectivity index (χ0v) is 11.7. The Morgan fingerprint density at radius 1 is 1.06 bits per heavy atom. The van der Waals surface area contributed by atoms with E-state index >= 15 is 0 Å².